The summed E-state index contributed by atoms with van der Waals surface area (Å²) in [5.41, 5.74) is 3.20. The predicted octanol–water partition coefficient (Wildman–Crippen LogP) is 4.36. The zero-order chi connectivity index (χ0) is 23.4. The van der Waals surface area contributed by atoms with E-state index in [-0.39, 0.29) is 18.0 Å². The maximum absolute atomic E-state index is 12.7. The van der Waals surface area contributed by atoms with Crippen molar-refractivity contribution in [1.82, 2.24) is 14.1 Å². The largest absolute Gasteiger partial charge is 0.493 e. The highest BCUT2D eigenvalue weighted by Crippen LogP contribution is 2.31. The average Bonchev–Trinajstić information content (AvgIpc) is 3.10. The van der Waals surface area contributed by atoms with Gasteiger partial charge in [-0.05, 0) is 49.7 Å². The van der Waals surface area contributed by atoms with E-state index in [1.54, 1.807) is 28.4 Å². The van der Waals surface area contributed by atoms with Crippen molar-refractivity contribution in [3.05, 3.63) is 76.8 Å². The number of nitrogens with one attached hydrogen (secondary N) is 1. The number of benzene rings is 2. The Morgan fingerprint density at radius 1 is 1.03 bits per heavy atom. The maximum Gasteiger partial charge on any atom is 0.329 e. The van der Waals surface area contributed by atoms with Gasteiger partial charge in [0, 0.05) is 25.6 Å². The van der Waals surface area contributed by atoms with Crippen molar-refractivity contribution >= 4 is 22.6 Å². The number of anilines is 1. The van der Waals surface area contributed by atoms with Gasteiger partial charge in [0.2, 0.25) is 11.8 Å². The fourth-order valence-electron chi connectivity index (χ4n) is 3.72. The highest BCUT2D eigenvalue weighted by atomic mass is 16.5. The Kier molecular flexibility index (Phi) is 6.44. The molecule has 0 saturated carbocycles. The normalized spacial score (nSPS) is 10.9. The van der Waals surface area contributed by atoms with E-state index in [1.807, 2.05) is 56.3 Å². The third kappa shape index (κ3) is 4.74. The van der Waals surface area contributed by atoms with Crippen molar-refractivity contribution in [1.29, 1.82) is 0 Å². The molecular formula is C25H26N4O4. The molecule has 1 amide bonds. The number of nitrogens with zero attached hydrogens (tertiary/aromatic N) is 3. The molecular weight excluding hydrogens is 420 g/mol. The van der Waals surface area contributed by atoms with Gasteiger partial charge in [-0.3, -0.25) is 13.9 Å². The van der Waals surface area contributed by atoms with Crippen LogP contribution in [0.1, 0.15) is 18.9 Å². The molecule has 2 aromatic carbocycles. The number of imidazole rings is 1. The molecule has 0 unspecified atom stereocenters. The molecule has 0 atom stereocenters. The van der Waals surface area contributed by atoms with Gasteiger partial charge in [-0.15, -0.1) is 0 Å². The molecule has 0 spiro atoms. The van der Waals surface area contributed by atoms with Gasteiger partial charge in [-0.25, -0.2) is 9.78 Å². The summed E-state index contributed by atoms with van der Waals surface area (Å²) in [5.74, 6) is 1.36. The third-order valence-electron chi connectivity index (χ3n) is 5.36. The topological polar surface area (TPSA) is 87.4 Å². The Bertz CT molecular complexity index is 1340. The first kappa shape index (κ1) is 22.1. The molecule has 0 aliphatic carbocycles. The Morgan fingerprint density at radius 3 is 2.45 bits per heavy atom. The fourth-order valence-corrected chi connectivity index (χ4v) is 3.72. The van der Waals surface area contributed by atoms with Crippen LogP contribution in [0.15, 0.2) is 65.6 Å². The lowest BCUT2D eigenvalue weighted by Gasteiger charge is -2.11. The van der Waals surface area contributed by atoms with Gasteiger partial charge in [0.25, 0.3) is 0 Å². The standard InChI is InChI=1S/C25H26N4O4/c1-4-28-19-7-5-6-8-20(19)29(25(28)31)14-13-23(30)27-18-10-12-24(26-16-18)33-21-11-9-17(2)15-22(21)32-3/h5-12,15-16H,4,13-14H2,1-3H3,(H,27,30). The van der Waals surface area contributed by atoms with Crippen LogP contribution in [0.2, 0.25) is 0 Å². The van der Waals surface area contributed by atoms with Crippen LogP contribution in [0, 0.1) is 6.92 Å². The minimum absolute atomic E-state index is 0.110. The molecule has 4 aromatic rings. The molecule has 8 heteroatoms. The second kappa shape index (κ2) is 9.60. The van der Waals surface area contributed by atoms with Gasteiger partial charge in [-0.2, -0.15) is 0 Å². The van der Waals surface area contributed by atoms with Gasteiger partial charge >= 0.3 is 5.69 Å². The predicted molar refractivity (Wildman–Crippen MR) is 127 cm³/mol. The van der Waals surface area contributed by atoms with E-state index in [1.165, 1.54) is 6.20 Å². The Labute approximate surface area is 191 Å². The Hall–Kier alpha value is -4.07. The van der Waals surface area contributed by atoms with E-state index in [0.717, 1.165) is 16.6 Å². The lowest BCUT2D eigenvalue weighted by Crippen LogP contribution is -2.25. The van der Waals surface area contributed by atoms with Crippen LogP contribution >= 0.6 is 0 Å². The minimum atomic E-state index is -0.203. The number of carbonyl (C=O) groups excluding carboxylic acids is 1. The molecule has 2 heterocycles. The summed E-state index contributed by atoms with van der Waals surface area (Å²) in [7, 11) is 1.59. The van der Waals surface area contributed by atoms with E-state index >= 15 is 0 Å². The zero-order valence-electron chi connectivity index (χ0n) is 18.9. The highest BCUT2D eigenvalue weighted by Gasteiger charge is 2.13. The van der Waals surface area contributed by atoms with Gasteiger partial charge in [0.1, 0.15) is 0 Å². The quantitative estimate of drug-likeness (QED) is 0.435. The monoisotopic (exact) mass is 446 g/mol. The summed E-state index contributed by atoms with van der Waals surface area (Å²) < 4.78 is 14.5. The van der Waals surface area contributed by atoms with Crippen molar-refractivity contribution < 1.29 is 14.3 Å². The van der Waals surface area contributed by atoms with E-state index in [2.05, 4.69) is 10.3 Å². The molecule has 170 valence electrons. The van der Waals surface area contributed by atoms with Crippen molar-refractivity contribution in [3.8, 4) is 17.4 Å². The highest BCUT2D eigenvalue weighted by molar-refractivity contribution is 5.90. The summed E-state index contributed by atoms with van der Waals surface area (Å²) >= 11 is 0. The number of para-hydroxylation sites is 2. The minimum Gasteiger partial charge on any atom is -0.493 e. The molecule has 0 aliphatic heterocycles. The summed E-state index contributed by atoms with van der Waals surface area (Å²) in [6, 6.07) is 16.6. The van der Waals surface area contributed by atoms with Gasteiger partial charge < -0.3 is 14.8 Å². The first-order valence-electron chi connectivity index (χ1n) is 10.8. The molecule has 0 fully saturated rings. The lowest BCUT2D eigenvalue weighted by atomic mass is 10.2. The lowest BCUT2D eigenvalue weighted by molar-refractivity contribution is -0.116. The van der Waals surface area contributed by atoms with Crippen molar-refractivity contribution in [2.24, 2.45) is 0 Å². The molecule has 0 aliphatic rings. The van der Waals surface area contributed by atoms with Crippen LogP contribution in [0.25, 0.3) is 11.0 Å². The second-order valence-corrected chi connectivity index (χ2v) is 7.61. The number of fused-ring (bicyclic) bond motifs is 1. The number of carbonyl (C=O) groups is 1. The number of rotatable bonds is 8. The molecule has 0 saturated heterocycles. The molecule has 0 bridgehead atoms. The fraction of sp³-hybridized carbons (Fsp3) is 0.240. The van der Waals surface area contributed by atoms with Gasteiger partial charge in [0.15, 0.2) is 11.5 Å². The van der Waals surface area contributed by atoms with Crippen LogP contribution in [0.4, 0.5) is 5.69 Å². The number of methoxy groups -OCH3 is 1. The summed E-state index contributed by atoms with van der Waals surface area (Å²) in [6.45, 7) is 4.77. The molecule has 1 N–H and O–H groups in total. The van der Waals surface area contributed by atoms with Crippen molar-refractivity contribution in [3.63, 3.8) is 0 Å². The van der Waals surface area contributed by atoms with E-state index in [4.69, 9.17) is 9.47 Å². The maximum atomic E-state index is 12.7. The Morgan fingerprint density at radius 2 is 1.79 bits per heavy atom. The van der Waals surface area contributed by atoms with E-state index in [9.17, 15) is 9.59 Å². The Balaban J connectivity index is 1.40. The van der Waals surface area contributed by atoms with E-state index < -0.39 is 0 Å². The molecule has 4 rings (SSSR count). The van der Waals surface area contributed by atoms with Gasteiger partial charge in [-0.1, -0.05) is 18.2 Å². The van der Waals surface area contributed by atoms with Crippen LogP contribution in [0.3, 0.4) is 0 Å². The van der Waals surface area contributed by atoms with Crippen LogP contribution in [-0.4, -0.2) is 27.1 Å². The number of hydrogen-bond acceptors (Lipinski definition) is 5. The number of amides is 1. The van der Waals surface area contributed by atoms with Crippen LogP contribution in [0.5, 0.6) is 17.4 Å². The summed E-state index contributed by atoms with van der Waals surface area (Å²) in [4.78, 5) is 29.5. The summed E-state index contributed by atoms with van der Waals surface area (Å²) in [5, 5.41) is 2.82. The zero-order valence-corrected chi connectivity index (χ0v) is 18.9. The van der Waals surface area contributed by atoms with Crippen LogP contribution in [-0.2, 0) is 17.9 Å². The summed E-state index contributed by atoms with van der Waals surface area (Å²) in [6.07, 6.45) is 1.69. The SMILES string of the molecule is CCn1c(=O)n(CCC(=O)Nc2ccc(Oc3ccc(C)cc3OC)nc2)c2ccccc21. The number of aryl methyl sites for hydroxylation is 3. The number of aromatic nitrogens is 3. The molecule has 0 radical (unpaired) electrons. The van der Waals surface area contributed by atoms with Crippen LogP contribution < -0.4 is 20.5 Å². The van der Waals surface area contributed by atoms with Gasteiger partial charge in [0.05, 0.1) is 30.0 Å². The second-order valence-electron chi connectivity index (χ2n) is 7.61. The molecule has 33 heavy (non-hydrogen) atoms. The first-order valence-corrected chi connectivity index (χ1v) is 10.8. The molecule has 8 nitrogen and oxygen atoms in total. The van der Waals surface area contributed by atoms with Crippen molar-refractivity contribution in [2.45, 2.75) is 33.4 Å². The number of hydrogen-bond donors (Lipinski definition) is 1. The van der Waals surface area contributed by atoms with E-state index in [0.29, 0.717) is 36.2 Å². The first-order chi connectivity index (χ1) is 16.0. The smallest absolute Gasteiger partial charge is 0.329 e. The number of pyridine rings is 1. The molecule has 2 aromatic heterocycles. The number of ether oxygens (including phenoxy) is 2. The average molecular weight is 447 g/mol. The van der Waals surface area contributed by atoms with Crippen molar-refractivity contribution in [2.75, 3.05) is 12.4 Å². The third-order valence-corrected chi connectivity index (χ3v) is 5.36.